The third-order valence-electron chi connectivity index (χ3n) is 4.75. The first-order valence-electron chi connectivity index (χ1n) is 7.92. The van der Waals surface area contributed by atoms with Gasteiger partial charge in [0.1, 0.15) is 11.6 Å². The van der Waals surface area contributed by atoms with Crippen LogP contribution < -0.4 is 10.1 Å². The predicted octanol–water partition coefficient (Wildman–Crippen LogP) is 1.61. The van der Waals surface area contributed by atoms with Crippen molar-refractivity contribution in [2.75, 3.05) is 0 Å². The Morgan fingerprint density at radius 2 is 2.00 bits per heavy atom. The fourth-order valence-corrected chi connectivity index (χ4v) is 3.20. The van der Waals surface area contributed by atoms with Crippen molar-refractivity contribution < 1.29 is 19.7 Å². The minimum atomic E-state index is -1.05. The van der Waals surface area contributed by atoms with Crippen LogP contribution in [0.1, 0.15) is 35.1 Å². The van der Waals surface area contributed by atoms with Gasteiger partial charge in [0.25, 0.3) is 5.56 Å². The van der Waals surface area contributed by atoms with Crippen LogP contribution in [0.2, 0.25) is 0 Å². The molecule has 0 amide bonds. The maximum atomic E-state index is 12.6. The molecule has 3 rings (SSSR count). The Morgan fingerprint density at radius 1 is 1.32 bits per heavy atom. The molecule has 0 unspecified atom stereocenters. The fourth-order valence-electron chi connectivity index (χ4n) is 3.20. The smallest absolute Gasteiger partial charge is 0.304 e. The number of rotatable bonds is 4. The molecule has 0 saturated heterocycles. The van der Waals surface area contributed by atoms with E-state index in [1.54, 1.807) is 30.7 Å². The van der Waals surface area contributed by atoms with Crippen molar-refractivity contribution in [1.82, 2.24) is 9.71 Å². The Morgan fingerprint density at radius 3 is 2.60 bits per heavy atom. The van der Waals surface area contributed by atoms with E-state index < -0.39 is 11.9 Å². The summed E-state index contributed by atoms with van der Waals surface area (Å²) in [6, 6.07) is 8.99. The number of nitrogens with one attached hydrogen (secondary N) is 1. The molecular weight excluding hydrogens is 322 g/mol. The third-order valence-corrected chi connectivity index (χ3v) is 4.75. The van der Waals surface area contributed by atoms with Gasteiger partial charge in [0.2, 0.25) is 0 Å². The first-order valence-corrected chi connectivity index (χ1v) is 7.92. The Balaban J connectivity index is 2.28. The molecule has 130 valence electrons. The molecule has 0 aliphatic heterocycles. The largest absolute Gasteiger partial charge is 0.481 e. The maximum absolute atomic E-state index is 12.6. The minimum absolute atomic E-state index is 0.307. The lowest BCUT2D eigenvalue weighted by atomic mass is 9.94. The highest BCUT2D eigenvalue weighted by Crippen LogP contribution is 2.26. The summed E-state index contributed by atoms with van der Waals surface area (Å²) in [6.07, 6.45) is -0.307. The zero-order chi connectivity index (χ0) is 18.3. The second-order valence-corrected chi connectivity index (χ2v) is 6.19. The van der Waals surface area contributed by atoms with Gasteiger partial charge in [-0.05, 0) is 22.2 Å². The van der Waals surface area contributed by atoms with Crippen molar-refractivity contribution in [2.24, 2.45) is 7.05 Å². The van der Waals surface area contributed by atoms with E-state index in [1.165, 1.54) is 0 Å². The number of carboxylic acids is 1. The van der Waals surface area contributed by atoms with Gasteiger partial charge < -0.3 is 15.3 Å². The predicted molar refractivity (Wildman–Crippen MR) is 90.9 cm³/mol. The highest BCUT2D eigenvalue weighted by molar-refractivity contribution is 5.79. The summed E-state index contributed by atoms with van der Waals surface area (Å²) in [7, 11) is 1.74. The van der Waals surface area contributed by atoms with Crippen molar-refractivity contribution in [3.8, 4) is 0 Å². The molecule has 0 radical (unpaired) electrons. The molecule has 0 aliphatic carbocycles. The van der Waals surface area contributed by atoms with Crippen molar-refractivity contribution >= 4 is 16.9 Å². The first kappa shape index (κ1) is 16.8. The Bertz CT molecular complexity index is 1010. The Labute approximate surface area is 143 Å². The summed E-state index contributed by atoms with van der Waals surface area (Å²) in [6.45, 7) is 3.56. The SMILES string of the molecule is Cc1c(C)[n+](C)c([C@H](CC(=O)O)c2cc3ccccc3[nH]c2=O)n1O. The van der Waals surface area contributed by atoms with Crippen molar-refractivity contribution in [3.05, 3.63) is 63.5 Å². The standard InChI is InChI=1S/C18H19N3O4/c1-10-11(2)21(25)18(20(10)3)14(9-16(22)23)13-8-12-6-4-5-7-15(12)19-17(13)24/h4-8,14H,9H2,1-3H3,(H2-,19,22,23,24,25)/p+1/t14-/m1/s1. The minimum Gasteiger partial charge on any atom is -0.481 e. The molecule has 7 nitrogen and oxygen atoms in total. The second kappa shape index (κ2) is 6.08. The summed E-state index contributed by atoms with van der Waals surface area (Å²) >= 11 is 0. The van der Waals surface area contributed by atoms with Gasteiger partial charge in [-0.3, -0.25) is 9.59 Å². The number of carboxylic acid groups (broad SMARTS) is 1. The van der Waals surface area contributed by atoms with Gasteiger partial charge in [0.15, 0.2) is 5.69 Å². The molecule has 0 aliphatic rings. The molecule has 0 spiro atoms. The number of H-pyrrole nitrogens is 1. The van der Waals surface area contributed by atoms with E-state index in [0.29, 0.717) is 22.6 Å². The summed E-state index contributed by atoms with van der Waals surface area (Å²) in [5.41, 5.74) is 2.03. The summed E-state index contributed by atoms with van der Waals surface area (Å²) < 4.78 is 2.69. The monoisotopic (exact) mass is 342 g/mol. The number of benzene rings is 1. The lowest BCUT2D eigenvalue weighted by molar-refractivity contribution is -0.686. The number of aromatic amines is 1. The van der Waals surface area contributed by atoms with Gasteiger partial charge in [-0.1, -0.05) is 18.2 Å². The first-order chi connectivity index (χ1) is 11.8. The summed E-state index contributed by atoms with van der Waals surface area (Å²) in [5.74, 6) is -1.47. The fraction of sp³-hybridized carbons (Fsp3) is 0.278. The maximum Gasteiger partial charge on any atom is 0.304 e. The van der Waals surface area contributed by atoms with E-state index in [0.717, 1.165) is 15.8 Å². The van der Waals surface area contributed by atoms with E-state index in [9.17, 15) is 19.9 Å². The van der Waals surface area contributed by atoms with Crippen LogP contribution in [0.15, 0.2) is 35.1 Å². The second-order valence-electron chi connectivity index (χ2n) is 6.19. The zero-order valence-electron chi connectivity index (χ0n) is 14.3. The highest BCUT2D eigenvalue weighted by Gasteiger charge is 2.35. The van der Waals surface area contributed by atoms with Gasteiger partial charge in [0.05, 0.1) is 13.5 Å². The number of hydrogen-bond donors (Lipinski definition) is 3. The molecular formula is C18H20N3O4+. The molecule has 1 atom stereocenters. The van der Waals surface area contributed by atoms with Crippen LogP contribution in [0.3, 0.4) is 0 Å². The van der Waals surface area contributed by atoms with Crippen molar-refractivity contribution in [2.45, 2.75) is 26.2 Å². The van der Waals surface area contributed by atoms with Crippen LogP contribution in [-0.4, -0.2) is 26.0 Å². The van der Waals surface area contributed by atoms with E-state index in [1.807, 2.05) is 25.1 Å². The molecule has 2 heterocycles. The van der Waals surface area contributed by atoms with Crippen LogP contribution in [-0.2, 0) is 11.8 Å². The van der Waals surface area contributed by atoms with Crippen LogP contribution in [0.4, 0.5) is 0 Å². The van der Waals surface area contributed by atoms with Gasteiger partial charge in [-0.15, -0.1) is 0 Å². The van der Waals surface area contributed by atoms with E-state index >= 15 is 0 Å². The number of hydrogen-bond acceptors (Lipinski definition) is 3. The molecule has 7 heteroatoms. The van der Waals surface area contributed by atoms with Crippen LogP contribution in [0.25, 0.3) is 10.9 Å². The molecule has 3 N–H and O–H groups in total. The molecule has 25 heavy (non-hydrogen) atoms. The molecule has 0 fully saturated rings. The molecule has 0 bridgehead atoms. The van der Waals surface area contributed by atoms with Crippen LogP contribution in [0, 0.1) is 13.8 Å². The number of carbonyl (C=O) groups is 1. The molecule has 2 aromatic heterocycles. The van der Waals surface area contributed by atoms with Gasteiger partial charge >= 0.3 is 11.8 Å². The quantitative estimate of drug-likeness (QED) is 0.495. The number of fused-ring (bicyclic) bond motifs is 1. The Kier molecular flexibility index (Phi) is 4.08. The molecule has 1 aromatic carbocycles. The third kappa shape index (κ3) is 2.77. The number of aromatic nitrogens is 3. The highest BCUT2D eigenvalue weighted by atomic mass is 16.5. The zero-order valence-corrected chi connectivity index (χ0v) is 14.3. The van der Waals surface area contributed by atoms with Crippen molar-refractivity contribution in [3.63, 3.8) is 0 Å². The van der Waals surface area contributed by atoms with E-state index in [-0.39, 0.29) is 12.0 Å². The van der Waals surface area contributed by atoms with E-state index in [4.69, 9.17) is 0 Å². The summed E-state index contributed by atoms with van der Waals surface area (Å²) in [5, 5.41) is 20.6. The number of pyridine rings is 1. The topological polar surface area (TPSA) is 99.2 Å². The van der Waals surface area contributed by atoms with Gasteiger partial charge in [0, 0.05) is 24.9 Å². The summed E-state index contributed by atoms with van der Waals surface area (Å²) in [4.78, 5) is 26.8. The average molecular weight is 342 g/mol. The van der Waals surface area contributed by atoms with Crippen LogP contribution in [0.5, 0.6) is 0 Å². The lowest BCUT2D eigenvalue weighted by Crippen LogP contribution is -2.38. The number of nitrogens with zero attached hydrogens (tertiary/aromatic N) is 2. The number of para-hydroxylation sites is 1. The number of aliphatic carboxylic acids is 1. The number of imidazole rings is 1. The average Bonchev–Trinajstić information content (AvgIpc) is 2.76. The lowest BCUT2D eigenvalue weighted by Gasteiger charge is -2.12. The molecule has 0 saturated carbocycles. The van der Waals surface area contributed by atoms with E-state index in [2.05, 4.69) is 4.98 Å². The van der Waals surface area contributed by atoms with Gasteiger partial charge in [-0.2, -0.15) is 0 Å². The normalized spacial score (nSPS) is 12.4. The Hall–Kier alpha value is -3.09. The van der Waals surface area contributed by atoms with Crippen LogP contribution >= 0.6 is 0 Å². The van der Waals surface area contributed by atoms with Crippen molar-refractivity contribution in [1.29, 1.82) is 0 Å². The molecule has 3 aromatic rings. The van der Waals surface area contributed by atoms with Gasteiger partial charge in [-0.25, -0.2) is 4.57 Å².